The number of benzene rings is 2. The van der Waals surface area contributed by atoms with Gasteiger partial charge in [0.2, 0.25) is 0 Å². The van der Waals surface area contributed by atoms with Gasteiger partial charge in [0.1, 0.15) is 12.4 Å². The Balaban J connectivity index is 1.56. The van der Waals surface area contributed by atoms with Gasteiger partial charge in [0.05, 0.1) is 17.6 Å². The number of hydrogen-bond acceptors (Lipinski definition) is 4. The molecule has 1 aliphatic heterocycles. The quantitative estimate of drug-likeness (QED) is 0.675. The van der Waals surface area contributed by atoms with E-state index in [9.17, 15) is 4.79 Å². The van der Waals surface area contributed by atoms with Gasteiger partial charge in [-0.2, -0.15) is 5.10 Å². The summed E-state index contributed by atoms with van der Waals surface area (Å²) in [6.07, 6.45) is 2.23. The van der Waals surface area contributed by atoms with Crippen molar-refractivity contribution in [2.75, 3.05) is 11.6 Å². The lowest BCUT2D eigenvalue weighted by atomic mass is 10.0. The third-order valence-corrected chi connectivity index (χ3v) is 5.15. The lowest BCUT2D eigenvalue weighted by Crippen LogP contribution is -2.32. The van der Waals surface area contributed by atoms with E-state index in [2.05, 4.69) is 5.10 Å². The molecule has 1 aliphatic rings. The average Bonchev–Trinajstić information content (AvgIpc) is 3.06. The number of aliphatic carboxylic acids is 1. The van der Waals surface area contributed by atoms with Crippen LogP contribution in [0.1, 0.15) is 32.3 Å². The number of hydrazone groups is 1. The smallest absolute Gasteiger partial charge is 0.306 e. The molecule has 0 radical (unpaired) electrons. The first-order valence-electron chi connectivity index (χ1n) is 9.46. The minimum absolute atomic E-state index is 0.136. The molecular formula is C22H25ClN2O3. The number of rotatable bonds is 8. The number of aryl methyl sites for hydroxylation is 1. The third-order valence-electron chi connectivity index (χ3n) is 4.90. The Morgan fingerprint density at radius 2 is 1.93 bits per heavy atom. The first kappa shape index (κ1) is 20.2. The molecule has 28 heavy (non-hydrogen) atoms. The highest BCUT2D eigenvalue weighted by Crippen LogP contribution is 2.26. The second-order valence-corrected chi connectivity index (χ2v) is 7.68. The molecule has 1 heterocycles. The zero-order valence-electron chi connectivity index (χ0n) is 16.1. The molecular weight excluding hydrogens is 376 g/mol. The van der Waals surface area contributed by atoms with E-state index in [4.69, 9.17) is 21.4 Å². The molecule has 0 aromatic heterocycles. The molecule has 0 saturated heterocycles. The fourth-order valence-electron chi connectivity index (χ4n) is 3.18. The molecule has 2 aromatic rings. The van der Waals surface area contributed by atoms with Crippen LogP contribution in [0.2, 0.25) is 5.02 Å². The molecule has 148 valence electrons. The first-order chi connectivity index (χ1) is 13.4. The summed E-state index contributed by atoms with van der Waals surface area (Å²) < 4.78 is 6.00. The number of hydrogen-bond donors (Lipinski definition) is 1. The zero-order chi connectivity index (χ0) is 20.1. The predicted octanol–water partition coefficient (Wildman–Crippen LogP) is 5.03. The number of ether oxygens (including phenoxy) is 1. The van der Waals surface area contributed by atoms with E-state index >= 15 is 0 Å². The molecule has 0 bridgehead atoms. The van der Waals surface area contributed by atoms with Crippen molar-refractivity contribution in [3.63, 3.8) is 0 Å². The normalized spacial score (nSPS) is 17.3. The van der Waals surface area contributed by atoms with Crippen LogP contribution in [-0.4, -0.2) is 29.4 Å². The van der Waals surface area contributed by atoms with Crippen molar-refractivity contribution in [1.82, 2.24) is 0 Å². The zero-order valence-corrected chi connectivity index (χ0v) is 16.9. The number of anilines is 1. The number of carboxylic acids is 1. The standard InChI is InChI=1S/C22H25ClN2O3/c1-15(22(26)27)3-4-17-5-11-21(12-6-17)28-14-20-13-16(2)24-25(20)19-9-7-18(23)8-10-19/h5-12,15,20H,3-4,13-14H2,1-2H3,(H,26,27). The summed E-state index contributed by atoms with van der Waals surface area (Å²) in [7, 11) is 0. The molecule has 0 fully saturated rings. The molecule has 6 heteroatoms. The van der Waals surface area contributed by atoms with Crippen LogP contribution in [0.5, 0.6) is 5.75 Å². The highest BCUT2D eigenvalue weighted by atomic mass is 35.5. The molecule has 5 nitrogen and oxygen atoms in total. The molecule has 0 spiro atoms. The molecule has 2 unspecified atom stereocenters. The Kier molecular flexibility index (Phi) is 6.57. The van der Waals surface area contributed by atoms with Crippen LogP contribution in [0.4, 0.5) is 5.69 Å². The predicted molar refractivity (Wildman–Crippen MR) is 113 cm³/mol. The van der Waals surface area contributed by atoms with Gasteiger partial charge in [-0.3, -0.25) is 9.80 Å². The highest BCUT2D eigenvalue weighted by molar-refractivity contribution is 6.30. The minimum atomic E-state index is -0.751. The number of nitrogens with zero attached hydrogens (tertiary/aromatic N) is 2. The highest BCUT2D eigenvalue weighted by Gasteiger charge is 2.26. The minimum Gasteiger partial charge on any atom is -0.491 e. The Bertz CT molecular complexity index is 834. The molecule has 2 aromatic carbocycles. The molecule has 1 N–H and O–H groups in total. The van der Waals surface area contributed by atoms with Crippen LogP contribution in [0, 0.1) is 5.92 Å². The summed E-state index contributed by atoms with van der Waals surface area (Å²) in [6, 6.07) is 15.7. The van der Waals surface area contributed by atoms with E-state index in [0.29, 0.717) is 18.1 Å². The van der Waals surface area contributed by atoms with E-state index in [1.807, 2.05) is 60.5 Å². The number of carboxylic acid groups (broad SMARTS) is 1. The van der Waals surface area contributed by atoms with Gasteiger partial charge in [0, 0.05) is 17.2 Å². The van der Waals surface area contributed by atoms with Crippen LogP contribution in [0.25, 0.3) is 0 Å². The summed E-state index contributed by atoms with van der Waals surface area (Å²) in [6.45, 7) is 4.28. The number of carbonyl (C=O) groups is 1. The largest absolute Gasteiger partial charge is 0.491 e. The van der Waals surface area contributed by atoms with Gasteiger partial charge in [-0.1, -0.05) is 30.7 Å². The molecule has 0 aliphatic carbocycles. The summed E-state index contributed by atoms with van der Waals surface area (Å²) in [5.41, 5.74) is 3.19. The second kappa shape index (κ2) is 9.11. The van der Waals surface area contributed by atoms with Gasteiger partial charge in [0.25, 0.3) is 0 Å². The average molecular weight is 401 g/mol. The monoisotopic (exact) mass is 400 g/mol. The van der Waals surface area contributed by atoms with Crippen molar-refractivity contribution in [2.45, 2.75) is 39.2 Å². The van der Waals surface area contributed by atoms with Crippen molar-refractivity contribution in [3.8, 4) is 5.75 Å². The SMILES string of the molecule is CC1=NN(c2ccc(Cl)cc2)C(COc2ccc(CCC(C)C(=O)O)cc2)C1. The van der Waals surface area contributed by atoms with Crippen molar-refractivity contribution in [3.05, 3.63) is 59.1 Å². The van der Waals surface area contributed by atoms with Crippen molar-refractivity contribution >= 4 is 29.0 Å². The lowest BCUT2D eigenvalue weighted by molar-refractivity contribution is -0.141. The topological polar surface area (TPSA) is 62.1 Å². The maximum absolute atomic E-state index is 10.9. The van der Waals surface area contributed by atoms with Gasteiger partial charge in [0.15, 0.2) is 0 Å². The van der Waals surface area contributed by atoms with E-state index in [1.54, 1.807) is 6.92 Å². The summed E-state index contributed by atoms with van der Waals surface area (Å²) in [4.78, 5) is 10.9. The van der Waals surface area contributed by atoms with Gasteiger partial charge >= 0.3 is 5.97 Å². The van der Waals surface area contributed by atoms with E-state index in [1.165, 1.54) is 0 Å². The van der Waals surface area contributed by atoms with Crippen LogP contribution in [0.15, 0.2) is 53.6 Å². The molecule has 0 saturated carbocycles. The molecule has 2 atom stereocenters. The maximum atomic E-state index is 10.9. The molecule has 3 rings (SSSR count). The van der Waals surface area contributed by atoms with Crippen molar-refractivity contribution < 1.29 is 14.6 Å². The van der Waals surface area contributed by atoms with Crippen LogP contribution in [-0.2, 0) is 11.2 Å². The van der Waals surface area contributed by atoms with Gasteiger partial charge in [-0.25, -0.2) is 0 Å². The number of halogens is 1. The van der Waals surface area contributed by atoms with E-state index < -0.39 is 5.97 Å². The van der Waals surface area contributed by atoms with Crippen LogP contribution >= 0.6 is 11.6 Å². The van der Waals surface area contributed by atoms with Gasteiger partial charge in [-0.05, 0) is 61.7 Å². The van der Waals surface area contributed by atoms with Crippen molar-refractivity contribution in [1.29, 1.82) is 0 Å². The fourth-order valence-corrected chi connectivity index (χ4v) is 3.30. The summed E-state index contributed by atoms with van der Waals surface area (Å²) in [5, 5.41) is 16.3. The first-order valence-corrected chi connectivity index (χ1v) is 9.83. The van der Waals surface area contributed by atoms with Gasteiger partial charge in [-0.15, -0.1) is 0 Å². The van der Waals surface area contributed by atoms with E-state index in [-0.39, 0.29) is 12.0 Å². The Labute approximate surface area is 170 Å². The summed E-state index contributed by atoms with van der Waals surface area (Å²) in [5.74, 6) is -0.282. The summed E-state index contributed by atoms with van der Waals surface area (Å²) >= 11 is 5.98. The van der Waals surface area contributed by atoms with Crippen LogP contribution < -0.4 is 9.75 Å². The molecule has 0 amide bonds. The fraction of sp³-hybridized carbons (Fsp3) is 0.364. The second-order valence-electron chi connectivity index (χ2n) is 7.25. The Hall–Kier alpha value is -2.53. The van der Waals surface area contributed by atoms with Gasteiger partial charge < -0.3 is 9.84 Å². The van der Waals surface area contributed by atoms with E-state index in [0.717, 1.165) is 35.6 Å². The van der Waals surface area contributed by atoms with Crippen LogP contribution in [0.3, 0.4) is 0 Å². The van der Waals surface area contributed by atoms with Crippen molar-refractivity contribution in [2.24, 2.45) is 11.0 Å². The Morgan fingerprint density at radius 1 is 1.25 bits per heavy atom. The maximum Gasteiger partial charge on any atom is 0.306 e. The lowest BCUT2D eigenvalue weighted by Gasteiger charge is -2.24. The third kappa shape index (κ3) is 5.26. The Morgan fingerprint density at radius 3 is 2.57 bits per heavy atom.